The maximum atomic E-state index is 3.44. The molecule has 0 saturated heterocycles. The smallest absolute Gasteiger partial charge is 0.0580 e. The van der Waals surface area contributed by atoms with Gasteiger partial charge < -0.3 is 5.32 Å². The molecule has 1 nitrogen and oxygen atoms in total. The Morgan fingerprint density at radius 1 is 1.11 bits per heavy atom. The van der Waals surface area contributed by atoms with Crippen molar-refractivity contribution >= 4 is 0 Å². The van der Waals surface area contributed by atoms with E-state index in [1.54, 1.807) is 0 Å². The predicted molar refractivity (Wildman–Crippen MR) is 81.9 cm³/mol. The third-order valence-electron chi connectivity index (χ3n) is 4.08. The molecule has 1 saturated carbocycles. The van der Waals surface area contributed by atoms with Crippen molar-refractivity contribution in [1.29, 1.82) is 0 Å². The van der Waals surface area contributed by atoms with Crippen LogP contribution in [-0.2, 0) is 0 Å². The Bertz CT molecular complexity index is 404. The summed E-state index contributed by atoms with van der Waals surface area (Å²) in [4.78, 5) is 0. The SMILES string of the molecule is CC1CCC(CCNCC#Cc2ccccc2)CC1. The molecule has 0 atom stereocenters. The van der Waals surface area contributed by atoms with Gasteiger partial charge in [0.05, 0.1) is 6.54 Å². The Balaban J connectivity index is 1.56. The molecule has 1 aliphatic carbocycles. The molecule has 1 aromatic carbocycles. The zero-order chi connectivity index (χ0) is 13.3. The molecule has 0 amide bonds. The summed E-state index contributed by atoms with van der Waals surface area (Å²) in [5.74, 6) is 8.27. The van der Waals surface area contributed by atoms with E-state index in [0.717, 1.165) is 30.5 Å². The molecule has 1 N–H and O–H groups in total. The normalized spacial score (nSPS) is 22.6. The van der Waals surface area contributed by atoms with Crippen molar-refractivity contribution in [3.63, 3.8) is 0 Å². The van der Waals surface area contributed by atoms with Gasteiger partial charge in [0.2, 0.25) is 0 Å². The Morgan fingerprint density at radius 3 is 2.58 bits per heavy atom. The van der Waals surface area contributed by atoms with E-state index in [9.17, 15) is 0 Å². The minimum absolute atomic E-state index is 0.804. The Hall–Kier alpha value is -1.26. The fraction of sp³-hybridized carbons (Fsp3) is 0.556. The van der Waals surface area contributed by atoms with Crippen LogP contribution in [-0.4, -0.2) is 13.1 Å². The van der Waals surface area contributed by atoms with E-state index in [2.05, 4.69) is 36.2 Å². The van der Waals surface area contributed by atoms with Crippen molar-refractivity contribution in [2.75, 3.05) is 13.1 Å². The molecule has 1 fully saturated rings. The third-order valence-corrected chi connectivity index (χ3v) is 4.08. The third kappa shape index (κ3) is 5.49. The summed E-state index contributed by atoms with van der Waals surface area (Å²) >= 11 is 0. The highest BCUT2D eigenvalue weighted by molar-refractivity contribution is 5.33. The molecule has 1 heteroatoms. The number of benzene rings is 1. The van der Waals surface area contributed by atoms with Gasteiger partial charge in [0.1, 0.15) is 0 Å². The summed E-state index contributed by atoms with van der Waals surface area (Å²) in [6.45, 7) is 4.30. The van der Waals surface area contributed by atoms with Gasteiger partial charge in [-0.15, -0.1) is 0 Å². The first kappa shape index (κ1) is 14.2. The molecule has 19 heavy (non-hydrogen) atoms. The summed E-state index contributed by atoms with van der Waals surface area (Å²) in [5.41, 5.74) is 1.10. The number of rotatable bonds is 4. The van der Waals surface area contributed by atoms with E-state index in [-0.39, 0.29) is 0 Å². The summed E-state index contributed by atoms with van der Waals surface area (Å²) in [6, 6.07) is 10.2. The van der Waals surface area contributed by atoms with Crippen LogP contribution in [0, 0.1) is 23.7 Å². The average molecular weight is 255 g/mol. The first-order chi connectivity index (χ1) is 9.34. The standard InChI is InChI=1S/C18H25N/c1-16-9-11-18(12-10-16)13-15-19-14-5-8-17-6-3-2-4-7-17/h2-4,6-7,16,18-19H,9-15H2,1H3. The van der Waals surface area contributed by atoms with Gasteiger partial charge in [-0.2, -0.15) is 0 Å². The fourth-order valence-electron chi connectivity index (χ4n) is 2.74. The van der Waals surface area contributed by atoms with Crippen molar-refractivity contribution in [2.45, 2.75) is 39.0 Å². The second-order valence-electron chi connectivity index (χ2n) is 5.76. The molecule has 0 radical (unpaired) electrons. The van der Waals surface area contributed by atoms with Crippen molar-refractivity contribution in [2.24, 2.45) is 11.8 Å². The number of nitrogens with one attached hydrogen (secondary N) is 1. The number of hydrogen-bond donors (Lipinski definition) is 1. The van der Waals surface area contributed by atoms with Crippen molar-refractivity contribution in [3.8, 4) is 11.8 Å². The maximum absolute atomic E-state index is 3.44. The van der Waals surface area contributed by atoms with E-state index in [1.165, 1.54) is 32.1 Å². The van der Waals surface area contributed by atoms with E-state index in [1.807, 2.05) is 18.2 Å². The zero-order valence-corrected chi connectivity index (χ0v) is 12.0. The van der Waals surface area contributed by atoms with E-state index >= 15 is 0 Å². The van der Waals surface area contributed by atoms with E-state index < -0.39 is 0 Å². The van der Waals surface area contributed by atoms with Gasteiger partial charge in [-0.25, -0.2) is 0 Å². The molecule has 0 unspecified atom stereocenters. The summed E-state index contributed by atoms with van der Waals surface area (Å²) in [6.07, 6.45) is 7.04. The second-order valence-corrected chi connectivity index (χ2v) is 5.76. The van der Waals surface area contributed by atoms with Gasteiger partial charge in [0.25, 0.3) is 0 Å². The molecule has 0 heterocycles. The second kappa shape index (κ2) is 8.02. The van der Waals surface area contributed by atoms with Crippen LogP contribution in [0.3, 0.4) is 0 Å². The summed E-state index contributed by atoms with van der Waals surface area (Å²) in [5, 5.41) is 3.44. The lowest BCUT2D eigenvalue weighted by Gasteiger charge is -2.25. The molecule has 0 aromatic heterocycles. The predicted octanol–water partition coefficient (Wildman–Crippen LogP) is 3.84. The minimum atomic E-state index is 0.804. The highest BCUT2D eigenvalue weighted by Gasteiger charge is 2.17. The molecule has 0 bridgehead atoms. The molecule has 1 aromatic rings. The molecule has 2 rings (SSSR count). The zero-order valence-electron chi connectivity index (χ0n) is 12.0. The molecule has 1 aliphatic rings. The van der Waals surface area contributed by atoms with Crippen LogP contribution >= 0.6 is 0 Å². The van der Waals surface area contributed by atoms with Gasteiger partial charge in [-0.1, -0.05) is 62.6 Å². The first-order valence-electron chi connectivity index (χ1n) is 7.59. The lowest BCUT2D eigenvalue weighted by atomic mass is 9.81. The Morgan fingerprint density at radius 2 is 1.84 bits per heavy atom. The Kier molecular flexibility index (Phi) is 5.98. The van der Waals surface area contributed by atoms with Crippen LogP contribution in [0.1, 0.15) is 44.6 Å². The van der Waals surface area contributed by atoms with Gasteiger partial charge in [-0.3, -0.25) is 0 Å². The van der Waals surface area contributed by atoms with Crippen molar-refractivity contribution < 1.29 is 0 Å². The van der Waals surface area contributed by atoms with Gasteiger partial charge in [0.15, 0.2) is 0 Å². The molecule has 0 aliphatic heterocycles. The van der Waals surface area contributed by atoms with Crippen LogP contribution in [0.15, 0.2) is 30.3 Å². The van der Waals surface area contributed by atoms with Crippen molar-refractivity contribution in [1.82, 2.24) is 5.32 Å². The molecule has 102 valence electrons. The molecular formula is C18H25N. The first-order valence-corrected chi connectivity index (χ1v) is 7.59. The minimum Gasteiger partial charge on any atom is -0.306 e. The van der Waals surface area contributed by atoms with E-state index in [4.69, 9.17) is 0 Å². The average Bonchev–Trinajstić information content (AvgIpc) is 2.46. The van der Waals surface area contributed by atoms with Crippen LogP contribution < -0.4 is 5.32 Å². The van der Waals surface area contributed by atoms with Gasteiger partial charge in [-0.05, 0) is 36.9 Å². The van der Waals surface area contributed by atoms with Gasteiger partial charge in [0, 0.05) is 5.56 Å². The summed E-state index contributed by atoms with van der Waals surface area (Å²) < 4.78 is 0. The largest absolute Gasteiger partial charge is 0.306 e. The molecule has 0 spiro atoms. The topological polar surface area (TPSA) is 12.0 Å². The highest BCUT2D eigenvalue weighted by Crippen LogP contribution is 2.29. The monoisotopic (exact) mass is 255 g/mol. The van der Waals surface area contributed by atoms with Crippen LogP contribution in [0.4, 0.5) is 0 Å². The van der Waals surface area contributed by atoms with Crippen molar-refractivity contribution in [3.05, 3.63) is 35.9 Å². The highest BCUT2D eigenvalue weighted by atomic mass is 14.8. The summed E-state index contributed by atoms with van der Waals surface area (Å²) in [7, 11) is 0. The lowest BCUT2D eigenvalue weighted by molar-refractivity contribution is 0.276. The molecular weight excluding hydrogens is 230 g/mol. The number of hydrogen-bond acceptors (Lipinski definition) is 1. The maximum Gasteiger partial charge on any atom is 0.0580 e. The Labute approximate surface area is 117 Å². The van der Waals surface area contributed by atoms with Crippen LogP contribution in [0.2, 0.25) is 0 Å². The lowest BCUT2D eigenvalue weighted by Crippen LogP contribution is -2.21. The fourth-order valence-corrected chi connectivity index (χ4v) is 2.74. The quantitative estimate of drug-likeness (QED) is 0.636. The van der Waals surface area contributed by atoms with E-state index in [0.29, 0.717) is 0 Å². The van der Waals surface area contributed by atoms with Crippen LogP contribution in [0.5, 0.6) is 0 Å². The van der Waals surface area contributed by atoms with Gasteiger partial charge >= 0.3 is 0 Å². The van der Waals surface area contributed by atoms with Crippen LogP contribution in [0.25, 0.3) is 0 Å².